The summed E-state index contributed by atoms with van der Waals surface area (Å²) in [6.45, 7) is 0. The van der Waals surface area contributed by atoms with Crippen LogP contribution in [-0.4, -0.2) is 25.6 Å². The maximum absolute atomic E-state index is 10.6. The lowest BCUT2D eigenvalue weighted by molar-refractivity contribution is -0.137. The van der Waals surface area contributed by atoms with E-state index in [1.54, 1.807) is 0 Å². The fraction of sp³-hybridized carbons (Fsp3) is 0.273. The Morgan fingerprint density at radius 3 is 3.00 bits per heavy atom. The maximum Gasteiger partial charge on any atom is 0.303 e. The van der Waals surface area contributed by atoms with Crippen LogP contribution in [0.4, 0.5) is 0 Å². The summed E-state index contributed by atoms with van der Waals surface area (Å²) >= 11 is 3.40. The highest BCUT2D eigenvalue weighted by atomic mass is 79.9. The summed E-state index contributed by atoms with van der Waals surface area (Å²) in [5, 5.41) is 8.67. The molecule has 0 bridgehead atoms. The van der Waals surface area contributed by atoms with Crippen molar-refractivity contribution in [1.29, 1.82) is 0 Å². The number of carboxylic acid groups (broad SMARTS) is 1. The zero-order chi connectivity index (χ0) is 12.4. The minimum atomic E-state index is -0.813. The molecule has 0 radical (unpaired) electrons. The van der Waals surface area contributed by atoms with Gasteiger partial charge >= 0.3 is 5.97 Å². The van der Waals surface area contributed by atoms with E-state index in [4.69, 9.17) is 5.11 Å². The first-order valence-corrected chi connectivity index (χ1v) is 5.95. The van der Waals surface area contributed by atoms with E-state index in [0.29, 0.717) is 6.42 Å². The van der Waals surface area contributed by atoms with E-state index >= 15 is 0 Å². The number of aromatic amines is 1. The molecule has 2 aromatic rings. The van der Waals surface area contributed by atoms with Gasteiger partial charge in [-0.1, -0.05) is 0 Å². The highest BCUT2D eigenvalue weighted by Gasteiger charge is 2.15. The molecule has 2 N–H and O–H groups in total. The first-order valence-electron chi connectivity index (χ1n) is 5.15. The number of halogens is 1. The average Bonchev–Trinajstić information content (AvgIpc) is 2.84. The van der Waals surface area contributed by atoms with Crippen LogP contribution in [0.25, 0.3) is 11.3 Å². The normalized spacial score (nSPS) is 10.7. The van der Waals surface area contributed by atoms with E-state index in [-0.39, 0.29) is 6.42 Å². The molecule has 90 valence electrons. The zero-order valence-electron chi connectivity index (χ0n) is 9.27. The van der Waals surface area contributed by atoms with Crippen molar-refractivity contribution in [3.8, 4) is 11.3 Å². The Morgan fingerprint density at radius 1 is 1.65 bits per heavy atom. The summed E-state index contributed by atoms with van der Waals surface area (Å²) in [6.07, 6.45) is 4.23. The van der Waals surface area contributed by atoms with Crippen molar-refractivity contribution in [1.82, 2.24) is 14.5 Å². The molecule has 0 aliphatic carbocycles. The topological polar surface area (TPSA) is 70.9 Å². The number of hydrogen-bond donors (Lipinski definition) is 2. The second-order valence-corrected chi connectivity index (χ2v) is 4.47. The van der Waals surface area contributed by atoms with Gasteiger partial charge in [-0.15, -0.1) is 0 Å². The van der Waals surface area contributed by atoms with Gasteiger partial charge in [0.25, 0.3) is 0 Å². The third kappa shape index (κ3) is 2.41. The minimum Gasteiger partial charge on any atom is -0.481 e. The predicted octanol–water partition coefficient (Wildman–Crippen LogP) is 2.19. The molecular formula is C11H12BrN3O2. The number of hydrogen-bond acceptors (Lipinski definition) is 2. The van der Waals surface area contributed by atoms with Crippen LogP contribution in [0.2, 0.25) is 0 Å². The second-order valence-electron chi connectivity index (χ2n) is 3.72. The van der Waals surface area contributed by atoms with Crippen molar-refractivity contribution < 1.29 is 9.90 Å². The van der Waals surface area contributed by atoms with Gasteiger partial charge in [0.15, 0.2) is 0 Å². The van der Waals surface area contributed by atoms with Crippen molar-refractivity contribution >= 4 is 21.9 Å². The highest BCUT2D eigenvalue weighted by Crippen LogP contribution is 2.28. The lowest BCUT2D eigenvalue weighted by atomic mass is 10.2. The number of nitrogens with zero attached hydrogens (tertiary/aromatic N) is 2. The molecule has 0 saturated carbocycles. The average molecular weight is 298 g/mol. The summed E-state index contributed by atoms with van der Waals surface area (Å²) in [7, 11) is 1.89. The number of rotatable bonds is 4. The lowest BCUT2D eigenvalue weighted by Gasteiger charge is -2.03. The van der Waals surface area contributed by atoms with Crippen LogP contribution in [-0.2, 0) is 18.3 Å². The SMILES string of the molecule is Cn1c(CCC(=O)O)nc(Br)c1-c1cc[nH]c1. The molecular weight excluding hydrogens is 286 g/mol. The molecule has 17 heavy (non-hydrogen) atoms. The van der Waals surface area contributed by atoms with E-state index in [9.17, 15) is 4.79 Å². The monoisotopic (exact) mass is 297 g/mol. The number of carboxylic acids is 1. The van der Waals surface area contributed by atoms with Crippen molar-refractivity contribution in [2.24, 2.45) is 7.05 Å². The fourth-order valence-corrected chi connectivity index (χ4v) is 2.43. The summed E-state index contributed by atoms with van der Waals surface area (Å²) in [5.41, 5.74) is 1.97. The van der Waals surface area contributed by atoms with Gasteiger partial charge in [-0.3, -0.25) is 4.79 Å². The Kier molecular flexibility index (Phi) is 3.33. The third-order valence-electron chi connectivity index (χ3n) is 2.58. The molecule has 2 aromatic heterocycles. The van der Waals surface area contributed by atoms with Crippen molar-refractivity contribution in [3.63, 3.8) is 0 Å². The quantitative estimate of drug-likeness (QED) is 0.909. The second kappa shape index (κ2) is 4.75. The van der Waals surface area contributed by atoms with Crippen molar-refractivity contribution in [2.45, 2.75) is 12.8 Å². The Labute approximate surface area is 107 Å². The Balaban J connectivity index is 2.32. The Bertz CT molecular complexity index is 531. The summed E-state index contributed by atoms with van der Waals surface area (Å²) in [5.74, 6) is -0.0530. The molecule has 0 aliphatic heterocycles. The molecule has 0 saturated heterocycles. The highest BCUT2D eigenvalue weighted by molar-refractivity contribution is 9.10. The van der Waals surface area contributed by atoms with Crippen LogP contribution >= 0.6 is 15.9 Å². The molecule has 5 nitrogen and oxygen atoms in total. The Hall–Kier alpha value is -1.56. The van der Waals surface area contributed by atoms with Crippen LogP contribution in [0, 0.1) is 0 Å². The molecule has 6 heteroatoms. The van der Waals surface area contributed by atoms with E-state index in [1.165, 1.54) is 0 Å². The van der Waals surface area contributed by atoms with Crippen LogP contribution in [0.5, 0.6) is 0 Å². The maximum atomic E-state index is 10.6. The van der Waals surface area contributed by atoms with E-state index in [1.807, 2.05) is 30.1 Å². The summed E-state index contributed by atoms with van der Waals surface area (Å²) in [4.78, 5) is 17.9. The van der Waals surface area contributed by atoms with Gasteiger partial charge in [0.2, 0.25) is 0 Å². The van der Waals surface area contributed by atoms with Crippen molar-refractivity contribution in [2.75, 3.05) is 0 Å². The van der Waals surface area contributed by atoms with Gasteiger partial charge in [-0.2, -0.15) is 0 Å². The predicted molar refractivity (Wildman–Crippen MR) is 66.7 cm³/mol. The number of H-pyrrole nitrogens is 1. The number of aromatic nitrogens is 3. The van der Waals surface area contributed by atoms with Gasteiger partial charge in [-0.05, 0) is 22.0 Å². The van der Waals surface area contributed by atoms with Gasteiger partial charge in [-0.25, -0.2) is 4.98 Å². The molecule has 2 heterocycles. The smallest absolute Gasteiger partial charge is 0.303 e. The molecule has 0 atom stereocenters. The van der Waals surface area contributed by atoms with Crippen LogP contribution < -0.4 is 0 Å². The molecule has 0 aliphatic rings. The number of imidazole rings is 1. The number of nitrogens with one attached hydrogen (secondary N) is 1. The van der Waals surface area contributed by atoms with Crippen LogP contribution in [0.1, 0.15) is 12.2 Å². The van der Waals surface area contributed by atoms with Crippen LogP contribution in [0.3, 0.4) is 0 Å². The molecule has 0 spiro atoms. The first-order chi connectivity index (χ1) is 8.09. The largest absolute Gasteiger partial charge is 0.481 e. The van der Waals surface area contributed by atoms with Gasteiger partial charge in [0.05, 0.1) is 12.1 Å². The van der Waals surface area contributed by atoms with Gasteiger partial charge in [0, 0.05) is 31.4 Å². The first kappa shape index (κ1) is 11.9. The molecule has 0 aromatic carbocycles. The lowest BCUT2D eigenvalue weighted by Crippen LogP contribution is -2.03. The molecule has 0 fully saturated rings. The third-order valence-corrected chi connectivity index (χ3v) is 3.13. The van der Waals surface area contributed by atoms with Gasteiger partial charge in [0.1, 0.15) is 10.4 Å². The summed E-state index contributed by atoms with van der Waals surface area (Å²) in [6, 6.07) is 1.95. The number of aryl methyl sites for hydroxylation is 1. The minimum absolute atomic E-state index is 0.0872. The van der Waals surface area contributed by atoms with Crippen LogP contribution in [0.15, 0.2) is 23.1 Å². The summed E-state index contributed by atoms with van der Waals surface area (Å²) < 4.78 is 2.65. The zero-order valence-corrected chi connectivity index (χ0v) is 10.9. The fourth-order valence-electron chi connectivity index (χ4n) is 1.73. The Morgan fingerprint density at radius 2 is 2.41 bits per heavy atom. The standard InChI is InChI=1S/C11H12BrN3O2/c1-15-8(2-3-9(16)17)14-11(12)10(15)7-4-5-13-6-7/h4-6,13H,2-3H2,1H3,(H,16,17). The molecule has 0 amide bonds. The van der Waals surface area contributed by atoms with Crippen molar-refractivity contribution in [3.05, 3.63) is 28.9 Å². The van der Waals surface area contributed by atoms with E-state index in [2.05, 4.69) is 25.9 Å². The number of aliphatic carboxylic acids is 1. The van der Waals surface area contributed by atoms with E-state index in [0.717, 1.165) is 21.7 Å². The number of carbonyl (C=O) groups is 1. The molecule has 0 unspecified atom stereocenters. The van der Waals surface area contributed by atoms with Gasteiger partial charge < -0.3 is 14.7 Å². The van der Waals surface area contributed by atoms with E-state index < -0.39 is 5.97 Å². The molecule has 2 rings (SSSR count).